The number of nitrogens with one attached hydrogen (secondary N) is 2. The van der Waals surface area contributed by atoms with Gasteiger partial charge in [-0.3, -0.25) is 9.59 Å². The summed E-state index contributed by atoms with van der Waals surface area (Å²) >= 11 is 2.82. The van der Waals surface area contributed by atoms with Crippen molar-refractivity contribution in [1.29, 1.82) is 0 Å². The van der Waals surface area contributed by atoms with Crippen LogP contribution in [-0.4, -0.2) is 30.1 Å². The SMILES string of the molecule is CCOC(=O)c1c(NC(=O)CSc2cccc(NC(=O)c3ccco3)c2)sc2c1CCC(c1ccccc1)C2. The van der Waals surface area contributed by atoms with E-state index >= 15 is 0 Å². The van der Waals surface area contributed by atoms with Crippen LogP contribution in [0.25, 0.3) is 0 Å². The van der Waals surface area contributed by atoms with Gasteiger partial charge in [0.1, 0.15) is 5.00 Å². The number of thioether (sulfide) groups is 1. The molecule has 1 unspecified atom stereocenters. The zero-order valence-electron chi connectivity index (χ0n) is 21.4. The number of hydrogen-bond acceptors (Lipinski definition) is 7. The molecule has 39 heavy (non-hydrogen) atoms. The van der Waals surface area contributed by atoms with Crippen LogP contribution in [0, 0.1) is 0 Å². The van der Waals surface area contributed by atoms with Crippen molar-refractivity contribution in [3.8, 4) is 0 Å². The first kappa shape index (κ1) is 26.8. The number of fused-ring (bicyclic) bond motifs is 1. The van der Waals surface area contributed by atoms with E-state index in [2.05, 4.69) is 34.9 Å². The van der Waals surface area contributed by atoms with Crippen molar-refractivity contribution in [1.82, 2.24) is 0 Å². The van der Waals surface area contributed by atoms with Gasteiger partial charge in [-0.15, -0.1) is 23.1 Å². The first-order valence-corrected chi connectivity index (χ1v) is 14.6. The van der Waals surface area contributed by atoms with Gasteiger partial charge >= 0.3 is 5.97 Å². The second kappa shape index (κ2) is 12.4. The van der Waals surface area contributed by atoms with E-state index in [0.29, 0.717) is 22.2 Å². The van der Waals surface area contributed by atoms with Crippen LogP contribution in [0.2, 0.25) is 0 Å². The molecule has 0 radical (unpaired) electrons. The van der Waals surface area contributed by atoms with Crippen LogP contribution in [0.15, 0.2) is 82.3 Å². The molecule has 0 fully saturated rings. The Balaban J connectivity index is 1.26. The minimum Gasteiger partial charge on any atom is -0.462 e. The van der Waals surface area contributed by atoms with Crippen LogP contribution in [0.3, 0.4) is 0 Å². The molecule has 2 aromatic carbocycles. The third-order valence-corrected chi connectivity index (χ3v) is 8.64. The fraction of sp³-hybridized carbons (Fsp3) is 0.233. The highest BCUT2D eigenvalue weighted by atomic mass is 32.2. The number of carbonyl (C=O) groups is 3. The van der Waals surface area contributed by atoms with Crippen molar-refractivity contribution in [3.63, 3.8) is 0 Å². The topological polar surface area (TPSA) is 97.6 Å². The Morgan fingerprint density at radius 1 is 1.05 bits per heavy atom. The van der Waals surface area contributed by atoms with Crippen LogP contribution in [0.5, 0.6) is 0 Å². The van der Waals surface area contributed by atoms with Crippen LogP contribution in [0.4, 0.5) is 10.7 Å². The molecular formula is C30H28N2O5S2. The molecule has 0 bridgehead atoms. The van der Waals surface area contributed by atoms with E-state index < -0.39 is 5.97 Å². The van der Waals surface area contributed by atoms with Crippen molar-refractivity contribution in [2.24, 2.45) is 0 Å². The van der Waals surface area contributed by atoms with Crippen molar-refractivity contribution in [3.05, 3.63) is 100 Å². The second-order valence-corrected chi connectivity index (χ2v) is 11.2. The summed E-state index contributed by atoms with van der Waals surface area (Å²) in [4.78, 5) is 40.1. The fourth-order valence-corrected chi connectivity index (χ4v) is 6.77. The predicted octanol–water partition coefficient (Wildman–Crippen LogP) is 6.77. The lowest BCUT2D eigenvalue weighted by molar-refractivity contribution is -0.113. The van der Waals surface area contributed by atoms with E-state index in [1.54, 1.807) is 31.2 Å². The summed E-state index contributed by atoms with van der Waals surface area (Å²) in [5.74, 6) is -0.203. The molecule has 2 N–H and O–H groups in total. The van der Waals surface area contributed by atoms with Crippen molar-refractivity contribution < 1.29 is 23.5 Å². The Kier molecular flexibility index (Phi) is 8.48. The molecule has 2 amide bonds. The largest absolute Gasteiger partial charge is 0.462 e. The molecule has 1 aliphatic rings. The molecule has 5 rings (SSSR count). The van der Waals surface area contributed by atoms with Crippen LogP contribution < -0.4 is 10.6 Å². The number of anilines is 2. The molecule has 7 nitrogen and oxygen atoms in total. The maximum atomic E-state index is 13.0. The number of amides is 2. The Labute approximate surface area is 235 Å². The van der Waals surface area contributed by atoms with Gasteiger partial charge in [0.25, 0.3) is 5.91 Å². The number of carbonyl (C=O) groups excluding carboxylic acids is 3. The van der Waals surface area contributed by atoms with Crippen LogP contribution in [-0.2, 0) is 22.4 Å². The quantitative estimate of drug-likeness (QED) is 0.173. The van der Waals surface area contributed by atoms with Gasteiger partial charge in [0.15, 0.2) is 5.76 Å². The first-order chi connectivity index (χ1) is 19.0. The van der Waals surface area contributed by atoms with Gasteiger partial charge in [-0.1, -0.05) is 36.4 Å². The van der Waals surface area contributed by atoms with Gasteiger partial charge < -0.3 is 19.8 Å². The minimum atomic E-state index is -0.392. The van der Waals surface area contributed by atoms with Crippen LogP contribution >= 0.6 is 23.1 Å². The number of furan rings is 1. The van der Waals surface area contributed by atoms with Crippen molar-refractivity contribution in [2.45, 2.75) is 37.0 Å². The second-order valence-electron chi connectivity index (χ2n) is 9.07. The predicted molar refractivity (Wildman–Crippen MR) is 154 cm³/mol. The lowest BCUT2D eigenvalue weighted by atomic mass is 9.83. The maximum Gasteiger partial charge on any atom is 0.341 e. The highest BCUT2D eigenvalue weighted by Crippen LogP contribution is 2.43. The molecular weight excluding hydrogens is 532 g/mol. The van der Waals surface area contributed by atoms with E-state index in [1.165, 1.54) is 34.9 Å². The van der Waals surface area contributed by atoms with E-state index in [4.69, 9.17) is 9.15 Å². The molecule has 2 heterocycles. The molecule has 9 heteroatoms. The minimum absolute atomic E-state index is 0.146. The van der Waals surface area contributed by atoms with Crippen molar-refractivity contribution >= 4 is 51.6 Å². The van der Waals surface area contributed by atoms with Crippen LogP contribution in [0.1, 0.15) is 56.2 Å². The molecule has 0 aliphatic heterocycles. The van der Waals surface area contributed by atoms with E-state index in [-0.39, 0.29) is 29.9 Å². The lowest BCUT2D eigenvalue weighted by Crippen LogP contribution is -2.18. The zero-order valence-corrected chi connectivity index (χ0v) is 23.0. The van der Waals surface area contributed by atoms with Gasteiger partial charge in [-0.25, -0.2) is 4.79 Å². The summed E-state index contributed by atoms with van der Waals surface area (Å²) in [6.45, 7) is 2.05. The smallest absolute Gasteiger partial charge is 0.341 e. The van der Waals surface area contributed by atoms with Gasteiger partial charge in [-0.05, 0) is 73.6 Å². The maximum absolute atomic E-state index is 13.0. The molecule has 200 valence electrons. The average molecular weight is 561 g/mol. The molecule has 0 spiro atoms. The lowest BCUT2D eigenvalue weighted by Gasteiger charge is -2.23. The normalized spacial score (nSPS) is 14.3. The highest BCUT2D eigenvalue weighted by Gasteiger charge is 2.30. The number of benzene rings is 2. The van der Waals surface area contributed by atoms with Crippen molar-refractivity contribution in [2.75, 3.05) is 23.0 Å². The standard InChI is InChI=1S/C30H28N2O5S2/c1-2-36-30(35)27-23-14-13-20(19-8-4-3-5-9-19)16-25(23)39-29(27)32-26(33)18-38-22-11-6-10-21(17-22)31-28(34)24-12-7-15-37-24/h3-12,15,17,20H,2,13-14,16,18H2,1H3,(H,31,34)(H,32,33). The third kappa shape index (κ3) is 6.43. The summed E-state index contributed by atoms with van der Waals surface area (Å²) in [5, 5.41) is 6.32. The van der Waals surface area contributed by atoms with Gasteiger partial charge in [0.05, 0.1) is 24.2 Å². The Bertz CT molecular complexity index is 1460. The van der Waals surface area contributed by atoms with Gasteiger partial charge in [0, 0.05) is 15.5 Å². The first-order valence-electron chi connectivity index (χ1n) is 12.8. The molecule has 4 aromatic rings. The monoisotopic (exact) mass is 560 g/mol. The summed E-state index contributed by atoms with van der Waals surface area (Å²) in [7, 11) is 0. The number of hydrogen-bond donors (Lipinski definition) is 2. The molecule has 2 aromatic heterocycles. The average Bonchev–Trinajstić information content (AvgIpc) is 3.61. The van der Waals surface area contributed by atoms with Gasteiger partial charge in [-0.2, -0.15) is 0 Å². The number of rotatable bonds is 9. The molecule has 0 saturated carbocycles. The Morgan fingerprint density at radius 2 is 1.90 bits per heavy atom. The Hall–Kier alpha value is -3.82. The van der Waals surface area contributed by atoms with E-state index in [9.17, 15) is 14.4 Å². The number of esters is 1. The zero-order chi connectivity index (χ0) is 27.2. The van der Waals surface area contributed by atoms with Gasteiger partial charge in [0.2, 0.25) is 5.91 Å². The summed E-state index contributed by atoms with van der Waals surface area (Å²) in [6, 6.07) is 20.9. The number of thiophene rings is 1. The molecule has 1 atom stereocenters. The van der Waals surface area contributed by atoms with E-state index in [0.717, 1.165) is 34.6 Å². The summed E-state index contributed by atoms with van der Waals surface area (Å²) in [5.41, 5.74) is 3.38. The summed E-state index contributed by atoms with van der Waals surface area (Å²) < 4.78 is 10.5. The fourth-order valence-electron chi connectivity index (χ4n) is 4.68. The summed E-state index contributed by atoms with van der Waals surface area (Å²) in [6.07, 6.45) is 3.98. The van der Waals surface area contributed by atoms with E-state index in [1.807, 2.05) is 18.2 Å². The third-order valence-electron chi connectivity index (χ3n) is 6.48. The molecule has 1 aliphatic carbocycles. The molecule has 0 saturated heterocycles. The number of ether oxygens (including phenoxy) is 1. The Morgan fingerprint density at radius 3 is 2.67 bits per heavy atom. The highest BCUT2D eigenvalue weighted by molar-refractivity contribution is 8.00.